The molecule has 0 unspecified atom stereocenters. The molecule has 0 bridgehead atoms. The molecule has 0 aromatic carbocycles. The summed E-state index contributed by atoms with van der Waals surface area (Å²) in [6, 6.07) is 0.636. The quantitative estimate of drug-likeness (QED) is 0.833. The average molecular weight is 252 g/mol. The van der Waals surface area contributed by atoms with Gasteiger partial charge in [0.2, 0.25) is 5.89 Å². The Bertz CT molecular complexity index is 347. The third-order valence-corrected chi connectivity index (χ3v) is 3.58. The zero-order valence-electron chi connectivity index (χ0n) is 11.5. The molecule has 1 N–H and O–H groups in total. The first-order valence-electron chi connectivity index (χ1n) is 7.02. The van der Waals surface area contributed by atoms with Gasteiger partial charge in [0.05, 0.1) is 6.54 Å². The Labute approximate surface area is 109 Å². The van der Waals surface area contributed by atoms with E-state index in [0.717, 1.165) is 44.2 Å². The van der Waals surface area contributed by atoms with Crippen LogP contribution in [0.15, 0.2) is 4.52 Å². The van der Waals surface area contributed by atoms with E-state index in [1.54, 1.807) is 0 Å². The van der Waals surface area contributed by atoms with Crippen molar-refractivity contribution in [3.05, 3.63) is 11.7 Å². The van der Waals surface area contributed by atoms with Gasteiger partial charge >= 0.3 is 0 Å². The van der Waals surface area contributed by atoms with Crippen LogP contribution in [0, 0.1) is 0 Å². The minimum atomic E-state index is 0.636. The molecule has 0 atom stereocenters. The first kappa shape index (κ1) is 13.5. The fraction of sp³-hybridized carbons (Fsp3) is 0.846. The molecular weight excluding hydrogens is 228 g/mol. The van der Waals surface area contributed by atoms with Crippen LogP contribution in [0.3, 0.4) is 0 Å². The fourth-order valence-electron chi connectivity index (χ4n) is 2.38. The molecule has 0 radical (unpaired) electrons. The molecule has 1 saturated heterocycles. The van der Waals surface area contributed by atoms with Crippen LogP contribution in [0.5, 0.6) is 0 Å². The molecule has 1 aliphatic heterocycles. The van der Waals surface area contributed by atoms with E-state index in [1.165, 1.54) is 19.3 Å². The Kier molecular flexibility index (Phi) is 5.13. The lowest BCUT2D eigenvalue weighted by molar-refractivity contribution is 0.171. The summed E-state index contributed by atoms with van der Waals surface area (Å²) in [5.41, 5.74) is 0. The monoisotopic (exact) mass is 252 g/mol. The molecule has 0 saturated carbocycles. The van der Waals surface area contributed by atoms with Gasteiger partial charge in [0.25, 0.3) is 0 Å². The third-order valence-electron chi connectivity index (χ3n) is 3.58. The van der Waals surface area contributed by atoms with Crippen molar-refractivity contribution < 1.29 is 4.52 Å². The van der Waals surface area contributed by atoms with Gasteiger partial charge in [-0.3, -0.25) is 4.90 Å². The maximum atomic E-state index is 5.30. The zero-order chi connectivity index (χ0) is 12.8. The molecule has 1 fully saturated rings. The number of aromatic nitrogens is 2. The van der Waals surface area contributed by atoms with E-state index in [-0.39, 0.29) is 0 Å². The maximum Gasteiger partial charge on any atom is 0.240 e. The standard InChI is InChI=1S/C13H24N4O/c1-3-4-5-12-15-13(18-16-12)10-17(2)11-6-8-14-9-7-11/h11,14H,3-10H2,1-2H3. The van der Waals surface area contributed by atoms with Crippen LogP contribution in [0.25, 0.3) is 0 Å². The Hall–Kier alpha value is -0.940. The van der Waals surface area contributed by atoms with Crippen molar-refractivity contribution in [1.82, 2.24) is 20.4 Å². The molecule has 2 heterocycles. The lowest BCUT2D eigenvalue weighted by Crippen LogP contribution is -2.40. The van der Waals surface area contributed by atoms with Gasteiger partial charge in [0.15, 0.2) is 5.82 Å². The van der Waals surface area contributed by atoms with E-state index >= 15 is 0 Å². The molecule has 5 nitrogen and oxygen atoms in total. The highest BCUT2D eigenvalue weighted by Crippen LogP contribution is 2.13. The number of nitrogens with zero attached hydrogens (tertiary/aromatic N) is 3. The summed E-state index contributed by atoms with van der Waals surface area (Å²) in [6.07, 6.45) is 5.62. The Morgan fingerprint density at radius 3 is 2.89 bits per heavy atom. The van der Waals surface area contributed by atoms with Gasteiger partial charge in [-0.05, 0) is 39.4 Å². The number of hydrogen-bond acceptors (Lipinski definition) is 5. The van der Waals surface area contributed by atoms with Crippen LogP contribution < -0.4 is 5.32 Å². The highest BCUT2D eigenvalue weighted by molar-refractivity contribution is 4.87. The van der Waals surface area contributed by atoms with E-state index < -0.39 is 0 Å². The van der Waals surface area contributed by atoms with Gasteiger partial charge in [-0.1, -0.05) is 18.5 Å². The minimum absolute atomic E-state index is 0.636. The van der Waals surface area contributed by atoms with Crippen LogP contribution in [0.2, 0.25) is 0 Å². The summed E-state index contributed by atoms with van der Waals surface area (Å²) in [6.45, 7) is 5.16. The van der Waals surface area contributed by atoms with Crippen molar-refractivity contribution in [2.75, 3.05) is 20.1 Å². The van der Waals surface area contributed by atoms with E-state index in [1.807, 2.05) is 0 Å². The first-order valence-corrected chi connectivity index (χ1v) is 7.02. The van der Waals surface area contributed by atoms with Crippen LogP contribution in [0.1, 0.15) is 44.3 Å². The van der Waals surface area contributed by atoms with Gasteiger partial charge < -0.3 is 9.84 Å². The summed E-state index contributed by atoms with van der Waals surface area (Å²) >= 11 is 0. The molecule has 1 aromatic rings. The topological polar surface area (TPSA) is 54.2 Å². The second-order valence-electron chi connectivity index (χ2n) is 5.10. The lowest BCUT2D eigenvalue weighted by Gasteiger charge is -2.30. The summed E-state index contributed by atoms with van der Waals surface area (Å²) < 4.78 is 5.30. The van der Waals surface area contributed by atoms with Gasteiger partial charge in [0, 0.05) is 12.5 Å². The van der Waals surface area contributed by atoms with Crippen LogP contribution in [-0.4, -0.2) is 41.2 Å². The summed E-state index contributed by atoms with van der Waals surface area (Å²) in [7, 11) is 2.14. The van der Waals surface area contributed by atoms with E-state index in [9.17, 15) is 0 Å². The molecule has 0 aliphatic carbocycles. The van der Waals surface area contributed by atoms with Crippen molar-refractivity contribution in [3.63, 3.8) is 0 Å². The molecule has 102 valence electrons. The molecule has 18 heavy (non-hydrogen) atoms. The lowest BCUT2D eigenvalue weighted by atomic mass is 10.1. The maximum absolute atomic E-state index is 5.30. The smallest absolute Gasteiger partial charge is 0.240 e. The first-order chi connectivity index (χ1) is 8.79. The zero-order valence-corrected chi connectivity index (χ0v) is 11.5. The highest BCUT2D eigenvalue weighted by atomic mass is 16.5. The number of hydrogen-bond donors (Lipinski definition) is 1. The second-order valence-corrected chi connectivity index (χ2v) is 5.10. The number of nitrogens with one attached hydrogen (secondary N) is 1. The SMILES string of the molecule is CCCCc1noc(CN(C)C2CCNCC2)n1. The Balaban J connectivity index is 1.82. The Morgan fingerprint density at radius 2 is 2.17 bits per heavy atom. The summed E-state index contributed by atoms with van der Waals surface area (Å²) in [4.78, 5) is 6.78. The normalized spacial score (nSPS) is 17.5. The number of piperidine rings is 1. The van der Waals surface area contributed by atoms with Crippen molar-refractivity contribution in [1.29, 1.82) is 0 Å². The number of aryl methyl sites for hydroxylation is 1. The van der Waals surface area contributed by atoms with Crippen molar-refractivity contribution in [2.24, 2.45) is 0 Å². The third kappa shape index (κ3) is 3.78. The highest BCUT2D eigenvalue weighted by Gasteiger charge is 2.19. The van der Waals surface area contributed by atoms with Crippen LogP contribution in [-0.2, 0) is 13.0 Å². The fourth-order valence-corrected chi connectivity index (χ4v) is 2.38. The summed E-state index contributed by atoms with van der Waals surface area (Å²) in [5, 5.41) is 7.41. The van der Waals surface area contributed by atoms with Crippen molar-refractivity contribution in [3.8, 4) is 0 Å². The molecule has 0 amide bonds. The summed E-state index contributed by atoms with van der Waals surface area (Å²) in [5.74, 6) is 1.60. The minimum Gasteiger partial charge on any atom is -0.338 e. The predicted molar refractivity (Wildman–Crippen MR) is 70.3 cm³/mol. The van der Waals surface area contributed by atoms with Gasteiger partial charge in [-0.2, -0.15) is 4.98 Å². The van der Waals surface area contributed by atoms with E-state index in [2.05, 4.69) is 34.3 Å². The number of rotatable bonds is 6. The van der Waals surface area contributed by atoms with Gasteiger partial charge in [-0.15, -0.1) is 0 Å². The predicted octanol–water partition coefficient (Wildman–Crippen LogP) is 1.60. The van der Waals surface area contributed by atoms with Crippen molar-refractivity contribution >= 4 is 0 Å². The van der Waals surface area contributed by atoms with Crippen LogP contribution in [0.4, 0.5) is 0 Å². The molecule has 0 spiro atoms. The van der Waals surface area contributed by atoms with Gasteiger partial charge in [-0.25, -0.2) is 0 Å². The Morgan fingerprint density at radius 1 is 1.39 bits per heavy atom. The van der Waals surface area contributed by atoms with E-state index in [4.69, 9.17) is 4.52 Å². The van der Waals surface area contributed by atoms with Crippen molar-refractivity contribution in [2.45, 2.75) is 51.6 Å². The molecule has 1 aliphatic rings. The second kappa shape index (κ2) is 6.85. The largest absolute Gasteiger partial charge is 0.338 e. The van der Waals surface area contributed by atoms with E-state index in [0.29, 0.717) is 6.04 Å². The van der Waals surface area contributed by atoms with Gasteiger partial charge in [0.1, 0.15) is 0 Å². The molecular formula is C13H24N4O. The molecule has 1 aromatic heterocycles. The average Bonchev–Trinajstić information content (AvgIpc) is 2.85. The molecule has 5 heteroatoms. The number of unbranched alkanes of at least 4 members (excludes halogenated alkanes) is 1. The molecule has 2 rings (SSSR count). The van der Waals surface area contributed by atoms with Crippen LogP contribution >= 0.6 is 0 Å².